The van der Waals surface area contributed by atoms with Crippen molar-refractivity contribution in [1.82, 2.24) is 5.32 Å². The first-order valence-corrected chi connectivity index (χ1v) is 6.65. The first kappa shape index (κ1) is 14.5. The lowest BCUT2D eigenvalue weighted by Gasteiger charge is -2.28. The largest absolute Gasteiger partial charge is 0.349 e. The molecule has 4 heteroatoms. The molecule has 0 saturated heterocycles. The van der Waals surface area contributed by atoms with Gasteiger partial charge in [0, 0.05) is 16.1 Å². The van der Waals surface area contributed by atoms with Gasteiger partial charge in [0.15, 0.2) is 0 Å². The fourth-order valence-electron chi connectivity index (χ4n) is 1.13. The summed E-state index contributed by atoms with van der Waals surface area (Å²) in [5.41, 5.74) is 0.615. The van der Waals surface area contributed by atoms with E-state index < -0.39 is 0 Å². The maximum atomic E-state index is 12.0. The van der Waals surface area contributed by atoms with Gasteiger partial charge < -0.3 is 5.32 Å². The number of benzene rings is 1. The van der Waals surface area contributed by atoms with E-state index in [2.05, 4.69) is 42.0 Å². The summed E-state index contributed by atoms with van der Waals surface area (Å²) in [6.45, 7) is 8.27. The van der Waals surface area contributed by atoms with Crippen molar-refractivity contribution >= 4 is 33.4 Å². The van der Waals surface area contributed by atoms with E-state index in [9.17, 15) is 4.79 Å². The lowest BCUT2D eigenvalue weighted by molar-refractivity contribution is 0.0910. The van der Waals surface area contributed by atoms with Crippen LogP contribution in [-0.2, 0) is 0 Å². The predicted octanol–water partition coefficient (Wildman–Crippen LogP) is 4.27. The molecular formula is C13H17BrClNO. The van der Waals surface area contributed by atoms with Crippen molar-refractivity contribution in [3.05, 3.63) is 33.3 Å². The number of hydrogen-bond acceptors (Lipinski definition) is 1. The fourth-order valence-corrected chi connectivity index (χ4v) is 1.56. The second-order valence-corrected chi connectivity index (χ2v) is 6.45. The normalized spacial score (nSPS) is 13.3. The van der Waals surface area contributed by atoms with Crippen LogP contribution < -0.4 is 5.32 Å². The lowest BCUT2D eigenvalue weighted by Crippen LogP contribution is -2.41. The third-order valence-corrected chi connectivity index (χ3v) is 4.06. The van der Waals surface area contributed by atoms with Gasteiger partial charge in [-0.3, -0.25) is 4.79 Å². The Balaban J connectivity index is 2.80. The Morgan fingerprint density at radius 1 is 1.41 bits per heavy atom. The van der Waals surface area contributed by atoms with Gasteiger partial charge in [-0.05, 0) is 46.5 Å². The van der Waals surface area contributed by atoms with Crippen LogP contribution in [0.25, 0.3) is 0 Å². The van der Waals surface area contributed by atoms with Crippen LogP contribution in [0, 0.1) is 5.41 Å². The molecule has 1 amide bonds. The molecule has 0 heterocycles. The van der Waals surface area contributed by atoms with Crippen LogP contribution >= 0.6 is 27.5 Å². The molecule has 0 aromatic heterocycles. The molecule has 1 unspecified atom stereocenters. The maximum Gasteiger partial charge on any atom is 0.251 e. The Morgan fingerprint density at radius 2 is 2.00 bits per heavy atom. The summed E-state index contributed by atoms with van der Waals surface area (Å²) >= 11 is 9.25. The van der Waals surface area contributed by atoms with Gasteiger partial charge in [-0.25, -0.2) is 0 Å². The molecule has 0 bridgehead atoms. The van der Waals surface area contributed by atoms with Crippen molar-refractivity contribution in [2.24, 2.45) is 5.41 Å². The summed E-state index contributed by atoms with van der Waals surface area (Å²) in [5.74, 6) is -0.0955. The molecule has 1 atom stereocenters. The predicted molar refractivity (Wildman–Crippen MR) is 75.5 cm³/mol. The fraction of sp³-hybridized carbons (Fsp3) is 0.462. The Hall–Kier alpha value is -0.540. The van der Waals surface area contributed by atoms with E-state index in [1.54, 1.807) is 18.2 Å². The Labute approximate surface area is 116 Å². The molecule has 2 nitrogen and oxygen atoms in total. The molecule has 0 fully saturated rings. The quantitative estimate of drug-likeness (QED) is 0.867. The standard InChI is InChI=1S/C13H17BrClNO/c1-8(13(2,3)4)16-12(17)9-5-6-10(14)11(15)7-9/h5-8H,1-4H3,(H,16,17). The van der Waals surface area contributed by atoms with Crippen molar-refractivity contribution in [2.45, 2.75) is 33.7 Å². The van der Waals surface area contributed by atoms with Gasteiger partial charge in [0.1, 0.15) is 0 Å². The van der Waals surface area contributed by atoms with Gasteiger partial charge in [-0.15, -0.1) is 0 Å². The van der Waals surface area contributed by atoms with Crippen molar-refractivity contribution < 1.29 is 4.79 Å². The minimum Gasteiger partial charge on any atom is -0.349 e. The molecule has 94 valence electrons. The molecule has 17 heavy (non-hydrogen) atoms. The summed E-state index contributed by atoms with van der Waals surface area (Å²) in [4.78, 5) is 12.0. The minimum atomic E-state index is -0.0955. The third-order valence-electron chi connectivity index (χ3n) is 2.83. The van der Waals surface area contributed by atoms with Crippen molar-refractivity contribution in [1.29, 1.82) is 0 Å². The van der Waals surface area contributed by atoms with Gasteiger partial charge in [0.2, 0.25) is 0 Å². The zero-order chi connectivity index (χ0) is 13.2. The Morgan fingerprint density at radius 3 is 2.47 bits per heavy atom. The monoisotopic (exact) mass is 317 g/mol. The molecule has 0 radical (unpaired) electrons. The number of rotatable bonds is 2. The molecule has 0 aliphatic heterocycles. The summed E-state index contributed by atoms with van der Waals surface area (Å²) in [5, 5.41) is 3.51. The summed E-state index contributed by atoms with van der Waals surface area (Å²) < 4.78 is 0.791. The number of halogens is 2. The number of amides is 1. The van der Waals surface area contributed by atoms with Crippen LogP contribution in [0.1, 0.15) is 38.1 Å². The molecule has 1 aromatic carbocycles. The molecule has 1 aromatic rings. The summed E-state index contributed by atoms with van der Waals surface area (Å²) in [6.07, 6.45) is 0. The van der Waals surface area contributed by atoms with Crippen LogP contribution in [0.5, 0.6) is 0 Å². The van der Waals surface area contributed by atoms with Gasteiger partial charge in [-0.2, -0.15) is 0 Å². The molecular weight excluding hydrogens is 302 g/mol. The lowest BCUT2D eigenvalue weighted by atomic mass is 9.88. The molecule has 0 aliphatic rings. The third kappa shape index (κ3) is 4.00. The Bertz CT molecular complexity index is 426. The topological polar surface area (TPSA) is 29.1 Å². The first-order valence-electron chi connectivity index (χ1n) is 5.47. The first-order chi connectivity index (χ1) is 7.71. The maximum absolute atomic E-state index is 12.0. The van der Waals surface area contributed by atoms with Crippen molar-refractivity contribution in [2.75, 3.05) is 0 Å². The Kier molecular flexibility index (Phi) is 4.62. The van der Waals surface area contributed by atoms with Crippen LogP contribution in [-0.4, -0.2) is 11.9 Å². The zero-order valence-corrected chi connectivity index (χ0v) is 12.8. The van der Waals surface area contributed by atoms with E-state index in [4.69, 9.17) is 11.6 Å². The minimum absolute atomic E-state index is 0.0365. The van der Waals surface area contributed by atoms with Crippen molar-refractivity contribution in [3.8, 4) is 0 Å². The van der Waals surface area contributed by atoms with Crippen LogP contribution in [0.15, 0.2) is 22.7 Å². The number of hydrogen-bond donors (Lipinski definition) is 1. The number of nitrogens with one attached hydrogen (secondary N) is 1. The molecule has 1 N–H and O–H groups in total. The summed E-state index contributed by atoms with van der Waals surface area (Å²) in [6, 6.07) is 5.29. The van der Waals surface area contributed by atoms with Crippen molar-refractivity contribution in [3.63, 3.8) is 0 Å². The van der Waals surface area contributed by atoms with E-state index >= 15 is 0 Å². The number of carbonyl (C=O) groups excluding carboxylic acids is 1. The highest BCUT2D eigenvalue weighted by atomic mass is 79.9. The second-order valence-electron chi connectivity index (χ2n) is 5.19. The average Bonchev–Trinajstić information content (AvgIpc) is 2.20. The highest BCUT2D eigenvalue weighted by molar-refractivity contribution is 9.10. The summed E-state index contributed by atoms with van der Waals surface area (Å²) in [7, 11) is 0. The van der Waals surface area contributed by atoms with E-state index in [0.717, 1.165) is 4.47 Å². The van der Waals surface area contributed by atoms with Crippen LogP contribution in [0.4, 0.5) is 0 Å². The smallest absolute Gasteiger partial charge is 0.251 e. The molecule has 0 aliphatic carbocycles. The molecule has 1 rings (SSSR count). The van der Waals surface area contributed by atoms with Gasteiger partial charge in [0.05, 0.1) is 5.02 Å². The average molecular weight is 319 g/mol. The molecule has 0 saturated carbocycles. The van der Waals surface area contributed by atoms with Gasteiger partial charge in [-0.1, -0.05) is 32.4 Å². The van der Waals surface area contributed by atoms with E-state index in [1.807, 2.05) is 6.92 Å². The van der Waals surface area contributed by atoms with Crippen LogP contribution in [0.3, 0.4) is 0 Å². The van der Waals surface area contributed by atoms with E-state index in [-0.39, 0.29) is 17.4 Å². The number of carbonyl (C=O) groups is 1. The highest BCUT2D eigenvalue weighted by Gasteiger charge is 2.22. The van der Waals surface area contributed by atoms with Gasteiger partial charge >= 0.3 is 0 Å². The second kappa shape index (κ2) is 5.40. The van der Waals surface area contributed by atoms with Gasteiger partial charge in [0.25, 0.3) is 5.91 Å². The SMILES string of the molecule is CC(NC(=O)c1ccc(Br)c(Cl)c1)C(C)(C)C. The highest BCUT2D eigenvalue weighted by Crippen LogP contribution is 2.24. The van der Waals surface area contributed by atoms with E-state index in [1.165, 1.54) is 0 Å². The zero-order valence-electron chi connectivity index (χ0n) is 10.5. The van der Waals surface area contributed by atoms with Crippen LogP contribution in [0.2, 0.25) is 5.02 Å². The van der Waals surface area contributed by atoms with E-state index in [0.29, 0.717) is 10.6 Å². The molecule has 0 spiro atoms.